The third-order valence-electron chi connectivity index (χ3n) is 2.33. The summed E-state index contributed by atoms with van der Waals surface area (Å²) < 4.78 is 8.68. The molecule has 0 aliphatic carbocycles. The molecule has 90 valence electrons. The van der Waals surface area contributed by atoms with E-state index in [0.29, 0.717) is 0 Å². The Morgan fingerprint density at radius 2 is 2.24 bits per heavy atom. The van der Waals surface area contributed by atoms with Crippen LogP contribution in [0.5, 0.6) is 11.5 Å². The first kappa shape index (κ1) is 12.6. The summed E-state index contributed by atoms with van der Waals surface area (Å²) in [5.74, 6) is 1.61. The number of rotatable bonds is 4. The zero-order valence-corrected chi connectivity index (χ0v) is 12.5. The Morgan fingerprint density at radius 3 is 2.88 bits per heavy atom. The fraction of sp³-hybridized carbons (Fsp3) is 0.250. The molecule has 2 rings (SSSR count). The number of nitrogens with zero attached hydrogens (tertiary/aromatic N) is 2. The van der Waals surface area contributed by atoms with Crippen molar-refractivity contribution >= 4 is 31.9 Å². The van der Waals surface area contributed by atoms with Gasteiger partial charge in [0.25, 0.3) is 0 Å². The van der Waals surface area contributed by atoms with E-state index in [4.69, 9.17) is 4.74 Å². The van der Waals surface area contributed by atoms with Crippen LogP contribution in [0.15, 0.2) is 35.1 Å². The first-order valence-electron chi connectivity index (χ1n) is 5.27. The van der Waals surface area contributed by atoms with Gasteiger partial charge in [0.15, 0.2) is 5.75 Å². The molecule has 1 aromatic heterocycles. The molecule has 0 atom stereocenters. The molecule has 0 fully saturated rings. The van der Waals surface area contributed by atoms with Gasteiger partial charge < -0.3 is 4.74 Å². The van der Waals surface area contributed by atoms with Crippen molar-refractivity contribution in [2.24, 2.45) is 0 Å². The molecule has 0 N–H and O–H groups in total. The lowest BCUT2D eigenvalue weighted by molar-refractivity contribution is 0.477. The molecule has 0 amide bonds. The van der Waals surface area contributed by atoms with Gasteiger partial charge in [0.2, 0.25) is 0 Å². The van der Waals surface area contributed by atoms with Crippen LogP contribution in [0.3, 0.4) is 0 Å². The van der Waals surface area contributed by atoms with Gasteiger partial charge in [-0.1, -0.05) is 31.9 Å². The highest BCUT2D eigenvalue weighted by Gasteiger charge is 2.06. The van der Waals surface area contributed by atoms with E-state index in [0.717, 1.165) is 33.4 Å². The van der Waals surface area contributed by atoms with Crippen LogP contribution >= 0.6 is 31.9 Å². The summed E-state index contributed by atoms with van der Waals surface area (Å²) in [7, 11) is 0. The summed E-state index contributed by atoms with van der Waals surface area (Å²) in [6.07, 6.45) is 3.61. The molecule has 0 radical (unpaired) electrons. The van der Waals surface area contributed by atoms with Gasteiger partial charge in [-0.25, -0.2) is 0 Å². The molecular weight excluding hydrogens is 348 g/mol. The first-order valence-corrected chi connectivity index (χ1v) is 7.19. The topological polar surface area (TPSA) is 27.1 Å². The second kappa shape index (κ2) is 5.69. The Labute approximate surface area is 117 Å². The van der Waals surface area contributed by atoms with E-state index in [1.807, 2.05) is 36.0 Å². The number of hydrogen-bond donors (Lipinski definition) is 0. The number of aryl methyl sites for hydroxylation is 1. The van der Waals surface area contributed by atoms with Gasteiger partial charge in [-0.15, -0.1) is 0 Å². The van der Waals surface area contributed by atoms with Crippen LogP contribution in [-0.2, 0) is 11.9 Å². The highest BCUT2D eigenvalue weighted by Crippen LogP contribution is 2.29. The van der Waals surface area contributed by atoms with Crippen molar-refractivity contribution in [1.82, 2.24) is 9.78 Å². The lowest BCUT2D eigenvalue weighted by Crippen LogP contribution is -1.92. The van der Waals surface area contributed by atoms with Crippen molar-refractivity contribution in [2.45, 2.75) is 18.8 Å². The maximum absolute atomic E-state index is 5.80. The van der Waals surface area contributed by atoms with Crippen LogP contribution in [0.2, 0.25) is 0 Å². The van der Waals surface area contributed by atoms with E-state index in [-0.39, 0.29) is 0 Å². The zero-order chi connectivity index (χ0) is 12.3. The number of halogens is 2. The largest absolute Gasteiger partial charge is 0.454 e. The fourth-order valence-corrected chi connectivity index (χ4v) is 2.30. The smallest absolute Gasteiger partial charge is 0.165 e. The molecule has 0 aliphatic heterocycles. The number of benzene rings is 1. The van der Waals surface area contributed by atoms with E-state index in [1.165, 1.54) is 0 Å². The average molecular weight is 360 g/mol. The minimum absolute atomic E-state index is 0.754. The monoisotopic (exact) mass is 358 g/mol. The third-order valence-corrected chi connectivity index (χ3v) is 3.43. The molecule has 1 aromatic carbocycles. The van der Waals surface area contributed by atoms with Crippen LogP contribution in [-0.4, -0.2) is 9.78 Å². The Balaban J connectivity index is 2.23. The average Bonchev–Trinajstić information content (AvgIpc) is 2.79. The molecule has 0 bridgehead atoms. The van der Waals surface area contributed by atoms with Crippen LogP contribution in [0, 0.1) is 0 Å². The van der Waals surface area contributed by atoms with Crippen molar-refractivity contribution in [2.75, 3.05) is 0 Å². The molecule has 0 saturated carbocycles. The predicted molar refractivity (Wildman–Crippen MR) is 74.7 cm³/mol. The SMILES string of the molecule is CCn1cc(Oc2ccc(Br)cc2CBr)cn1. The van der Waals surface area contributed by atoms with Crippen molar-refractivity contribution < 1.29 is 4.74 Å². The fourth-order valence-electron chi connectivity index (χ4n) is 1.45. The highest BCUT2D eigenvalue weighted by atomic mass is 79.9. The molecule has 0 spiro atoms. The molecular formula is C12H12Br2N2O. The molecule has 0 saturated heterocycles. The number of hydrogen-bond acceptors (Lipinski definition) is 2. The zero-order valence-electron chi connectivity index (χ0n) is 9.36. The standard InChI is InChI=1S/C12H12Br2N2O/c1-2-16-8-11(7-15-16)17-12-4-3-10(14)5-9(12)6-13/h3-5,7-8H,2,6H2,1H3. The van der Waals surface area contributed by atoms with Crippen LogP contribution < -0.4 is 4.74 Å². The Morgan fingerprint density at radius 1 is 1.41 bits per heavy atom. The van der Waals surface area contributed by atoms with Gasteiger partial charge in [0.1, 0.15) is 5.75 Å². The van der Waals surface area contributed by atoms with Crippen molar-refractivity contribution in [3.05, 3.63) is 40.6 Å². The van der Waals surface area contributed by atoms with Crippen molar-refractivity contribution in [3.8, 4) is 11.5 Å². The van der Waals surface area contributed by atoms with E-state index >= 15 is 0 Å². The lowest BCUT2D eigenvalue weighted by atomic mass is 10.2. The van der Waals surface area contributed by atoms with Gasteiger partial charge in [-0.3, -0.25) is 4.68 Å². The minimum Gasteiger partial charge on any atom is -0.454 e. The Bertz CT molecular complexity index is 511. The number of aromatic nitrogens is 2. The number of ether oxygens (including phenoxy) is 1. The molecule has 5 heteroatoms. The van der Waals surface area contributed by atoms with Gasteiger partial charge in [-0.2, -0.15) is 5.10 Å². The van der Waals surface area contributed by atoms with Crippen LogP contribution in [0.25, 0.3) is 0 Å². The molecule has 1 heterocycles. The molecule has 0 unspecified atom stereocenters. The second-order valence-corrected chi connectivity index (χ2v) is 5.00. The first-order chi connectivity index (χ1) is 8.22. The maximum atomic E-state index is 5.80. The van der Waals surface area contributed by atoms with E-state index in [1.54, 1.807) is 6.20 Å². The Hall–Kier alpha value is -0.810. The van der Waals surface area contributed by atoms with Crippen molar-refractivity contribution in [1.29, 1.82) is 0 Å². The summed E-state index contributed by atoms with van der Waals surface area (Å²) in [5.41, 5.74) is 1.10. The van der Waals surface area contributed by atoms with Crippen LogP contribution in [0.1, 0.15) is 12.5 Å². The van der Waals surface area contributed by atoms with Gasteiger partial charge in [0.05, 0.1) is 12.4 Å². The van der Waals surface area contributed by atoms with Gasteiger partial charge in [0, 0.05) is 21.9 Å². The summed E-state index contributed by atoms with van der Waals surface area (Å²) >= 11 is 6.90. The second-order valence-electron chi connectivity index (χ2n) is 3.52. The molecule has 2 aromatic rings. The summed E-state index contributed by atoms with van der Waals surface area (Å²) in [5, 5.41) is 4.93. The van der Waals surface area contributed by atoms with Crippen molar-refractivity contribution in [3.63, 3.8) is 0 Å². The lowest BCUT2D eigenvalue weighted by Gasteiger charge is -2.08. The maximum Gasteiger partial charge on any atom is 0.165 e. The van der Waals surface area contributed by atoms with E-state index < -0.39 is 0 Å². The summed E-state index contributed by atoms with van der Waals surface area (Å²) in [6.45, 7) is 2.88. The Kier molecular flexibility index (Phi) is 4.23. The van der Waals surface area contributed by atoms with Crippen LogP contribution in [0.4, 0.5) is 0 Å². The molecule has 17 heavy (non-hydrogen) atoms. The normalized spacial score (nSPS) is 10.5. The minimum atomic E-state index is 0.754. The van der Waals surface area contributed by atoms with E-state index in [9.17, 15) is 0 Å². The number of alkyl halides is 1. The summed E-state index contributed by atoms with van der Waals surface area (Å²) in [4.78, 5) is 0. The third kappa shape index (κ3) is 3.10. The van der Waals surface area contributed by atoms with Gasteiger partial charge >= 0.3 is 0 Å². The molecule has 0 aliphatic rings. The summed E-state index contributed by atoms with van der Waals surface area (Å²) in [6, 6.07) is 5.95. The quantitative estimate of drug-likeness (QED) is 0.758. The van der Waals surface area contributed by atoms with Gasteiger partial charge in [-0.05, 0) is 25.1 Å². The van der Waals surface area contributed by atoms with E-state index in [2.05, 4.69) is 37.0 Å². The highest BCUT2D eigenvalue weighted by molar-refractivity contribution is 9.10. The molecule has 3 nitrogen and oxygen atoms in total. The predicted octanol–water partition coefficient (Wildman–Crippen LogP) is 4.35.